The number of benzene rings is 1. The van der Waals surface area contributed by atoms with Crippen LogP contribution >= 0.6 is 27.3 Å². The predicted octanol–water partition coefficient (Wildman–Crippen LogP) is 4.76. The zero-order chi connectivity index (χ0) is 33.5. The lowest BCUT2D eigenvalue weighted by atomic mass is 10.0. The van der Waals surface area contributed by atoms with E-state index in [2.05, 4.69) is 26.2 Å². The van der Waals surface area contributed by atoms with Gasteiger partial charge in [-0.15, -0.1) is 11.3 Å². The second kappa shape index (κ2) is 15.4. The van der Waals surface area contributed by atoms with Crippen molar-refractivity contribution in [2.24, 2.45) is 0 Å². The first-order chi connectivity index (χ1) is 22.0. The molecule has 46 heavy (non-hydrogen) atoms. The number of methoxy groups -OCH3 is 3. The summed E-state index contributed by atoms with van der Waals surface area (Å²) in [5.41, 5.74) is -0.709. The second-order valence-electron chi connectivity index (χ2n) is 10.5. The third-order valence-electron chi connectivity index (χ3n) is 7.24. The molecule has 4 rings (SSSR count). The minimum Gasteiger partial charge on any atom is -0.461 e. The third kappa shape index (κ3) is 7.56. The molecule has 13 nitrogen and oxygen atoms in total. The standard InChI is InChI=1S/C31H37BrN4O9S/c1-7-43-27(38)22-17-46-26(34-22)20-13-14-21(28(40-4)41-5)33-24(20)31(18-32,42-6)35-25(37)23-16-45-30(2,3)36(23)29(39)44-15-19-11-9-8-10-12-19/h8-14,17,23,28H,7,15-16,18H2,1-6H3,(H,35,37)/t23-,31?/m0/s1. The monoisotopic (exact) mass is 720 g/mol. The molecule has 2 atom stereocenters. The maximum Gasteiger partial charge on any atom is 0.413 e. The van der Waals surface area contributed by atoms with Crippen molar-refractivity contribution >= 4 is 45.2 Å². The Bertz CT molecular complexity index is 1510. The van der Waals surface area contributed by atoms with Crippen LogP contribution in [0.3, 0.4) is 0 Å². The van der Waals surface area contributed by atoms with Crippen LogP contribution in [0.25, 0.3) is 10.6 Å². The van der Waals surface area contributed by atoms with Gasteiger partial charge in [-0.1, -0.05) is 46.3 Å². The first-order valence-corrected chi connectivity index (χ1v) is 16.3. The number of alkyl halides is 1. The van der Waals surface area contributed by atoms with Crippen LogP contribution in [0.5, 0.6) is 0 Å². The lowest BCUT2D eigenvalue weighted by Gasteiger charge is -2.36. The molecule has 0 radical (unpaired) electrons. The van der Waals surface area contributed by atoms with Crippen molar-refractivity contribution < 1.29 is 42.8 Å². The maximum atomic E-state index is 14.1. The SMILES string of the molecule is CCOC(=O)c1csc(-c2ccc(C(OC)OC)nc2C(CBr)(NC(=O)[C@@H]2COC(C)(C)N2C(=O)OCc2ccccc2)OC)n1. The van der Waals surface area contributed by atoms with Gasteiger partial charge in [0.15, 0.2) is 11.4 Å². The Morgan fingerprint density at radius 3 is 2.46 bits per heavy atom. The zero-order valence-electron chi connectivity index (χ0n) is 26.4. The molecule has 1 N–H and O–H groups in total. The van der Waals surface area contributed by atoms with E-state index in [1.807, 2.05) is 30.3 Å². The Morgan fingerprint density at radius 2 is 1.83 bits per heavy atom. The summed E-state index contributed by atoms with van der Waals surface area (Å²) in [7, 11) is 4.36. The Balaban J connectivity index is 1.71. The fourth-order valence-electron chi connectivity index (χ4n) is 4.89. The lowest BCUT2D eigenvalue weighted by molar-refractivity contribution is -0.135. The Kier molecular flexibility index (Phi) is 11.9. The van der Waals surface area contributed by atoms with Crippen LogP contribution in [-0.2, 0) is 45.5 Å². The highest BCUT2D eigenvalue weighted by Crippen LogP contribution is 2.37. The number of ether oxygens (including phenoxy) is 6. The van der Waals surface area contributed by atoms with Gasteiger partial charge in [0.2, 0.25) is 12.2 Å². The molecule has 248 valence electrons. The van der Waals surface area contributed by atoms with Crippen LogP contribution in [0.4, 0.5) is 4.79 Å². The number of hydrogen-bond acceptors (Lipinski definition) is 12. The number of nitrogens with zero attached hydrogens (tertiary/aromatic N) is 3. The summed E-state index contributed by atoms with van der Waals surface area (Å²) in [5, 5.41) is 4.99. The molecule has 1 fully saturated rings. The van der Waals surface area contributed by atoms with E-state index >= 15 is 0 Å². The van der Waals surface area contributed by atoms with E-state index in [9.17, 15) is 14.4 Å². The molecule has 15 heteroatoms. The highest BCUT2D eigenvalue weighted by Gasteiger charge is 2.50. The minimum atomic E-state index is -1.60. The van der Waals surface area contributed by atoms with Crippen LogP contribution in [-0.4, -0.2) is 84.5 Å². The van der Waals surface area contributed by atoms with Gasteiger partial charge in [0.25, 0.3) is 0 Å². The lowest BCUT2D eigenvalue weighted by Crippen LogP contribution is -2.58. The highest BCUT2D eigenvalue weighted by molar-refractivity contribution is 9.09. The van der Waals surface area contributed by atoms with Crippen molar-refractivity contribution in [2.75, 3.05) is 39.9 Å². The molecule has 3 heterocycles. The summed E-state index contributed by atoms with van der Waals surface area (Å²) in [5.74, 6) is -1.15. The number of pyridine rings is 1. The first kappa shape index (κ1) is 35.4. The molecule has 1 aromatic carbocycles. The third-order valence-corrected chi connectivity index (χ3v) is 8.91. The quantitative estimate of drug-likeness (QED) is 0.148. The molecule has 1 aliphatic rings. The van der Waals surface area contributed by atoms with E-state index in [1.54, 1.807) is 38.3 Å². The summed E-state index contributed by atoms with van der Waals surface area (Å²) in [4.78, 5) is 50.4. The van der Waals surface area contributed by atoms with Gasteiger partial charge in [-0.25, -0.2) is 19.6 Å². The molecule has 0 saturated carbocycles. The highest BCUT2D eigenvalue weighted by atomic mass is 79.9. The normalized spacial score (nSPS) is 17.0. The topological polar surface area (TPSA) is 148 Å². The number of rotatable bonds is 13. The number of amides is 2. The van der Waals surface area contributed by atoms with Gasteiger partial charge in [0, 0.05) is 32.3 Å². The van der Waals surface area contributed by atoms with Gasteiger partial charge >= 0.3 is 12.1 Å². The molecule has 0 spiro atoms. The van der Waals surface area contributed by atoms with Crippen molar-refractivity contribution in [1.29, 1.82) is 0 Å². The smallest absolute Gasteiger partial charge is 0.413 e. The van der Waals surface area contributed by atoms with E-state index in [0.29, 0.717) is 16.3 Å². The van der Waals surface area contributed by atoms with Gasteiger partial charge in [0.05, 0.1) is 24.2 Å². The Hall–Kier alpha value is -3.47. The average Bonchev–Trinajstić information content (AvgIpc) is 3.68. The summed E-state index contributed by atoms with van der Waals surface area (Å²) in [6.45, 7) is 5.20. The number of nitrogens with one attached hydrogen (secondary N) is 1. The van der Waals surface area contributed by atoms with Crippen molar-refractivity contribution in [2.45, 2.75) is 51.2 Å². The van der Waals surface area contributed by atoms with E-state index in [4.69, 9.17) is 33.4 Å². The summed E-state index contributed by atoms with van der Waals surface area (Å²) < 4.78 is 33.4. The molecular formula is C31H37BrN4O9S. The number of aromatic nitrogens is 2. The Labute approximate surface area is 279 Å². The van der Waals surface area contributed by atoms with Crippen molar-refractivity contribution in [3.8, 4) is 10.6 Å². The number of carbonyl (C=O) groups is 3. The number of carbonyl (C=O) groups excluding carboxylic acids is 3. The minimum absolute atomic E-state index is 0.0197. The van der Waals surface area contributed by atoms with Crippen LogP contribution in [0.1, 0.15) is 54.5 Å². The van der Waals surface area contributed by atoms with E-state index in [-0.39, 0.29) is 36.5 Å². The van der Waals surface area contributed by atoms with Crippen molar-refractivity contribution in [1.82, 2.24) is 20.2 Å². The van der Waals surface area contributed by atoms with E-state index < -0.39 is 41.8 Å². The van der Waals surface area contributed by atoms with E-state index in [0.717, 1.165) is 5.56 Å². The van der Waals surface area contributed by atoms with Crippen LogP contribution in [0.2, 0.25) is 0 Å². The predicted molar refractivity (Wildman–Crippen MR) is 171 cm³/mol. The maximum absolute atomic E-state index is 14.1. The van der Waals surface area contributed by atoms with Gasteiger partial charge < -0.3 is 33.7 Å². The number of hydrogen-bond donors (Lipinski definition) is 1. The first-order valence-electron chi connectivity index (χ1n) is 14.3. The Morgan fingerprint density at radius 1 is 1.11 bits per heavy atom. The van der Waals surface area contributed by atoms with Gasteiger partial charge in [0.1, 0.15) is 29.1 Å². The molecule has 3 aromatic rings. The molecule has 0 bridgehead atoms. The largest absolute Gasteiger partial charge is 0.461 e. The van der Waals surface area contributed by atoms with Crippen molar-refractivity contribution in [3.63, 3.8) is 0 Å². The summed E-state index contributed by atoms with van der Waals surface area (Å²) in [6.07, 6.45) is -1.55. The molecule has 1 unspecified atom stereocenters. The molecule has 1 aliphatic heterocycles. The fourth-order valence-corrected chi connectivity index (χ4v) is 6.34. The number of esters is 1. The molecule has 0 aliphatic carbocycles. The average molecular weight is 722 g/mol. The van der Waals surface area contributed by atoms with Gasteiger partial charge in [-0.05, 0) is 38.5 Å². The molecule has 1 saturated heterocycles. The fraction of sp³-hybridized carbons (Fsp3) is 0.452. The molecular weight excluding hydrogens is 684 g/mol. The number of halogens is 1. The molecule has 2 amide bonds. The second-order valence-corrected chi connectivity index (χ2v) is 12.0. The van der Waals surface area contributed by atoms with Crippen LogP contribution in [0, 0.1) is 0 Å². The summed E-state index contributed by atoms with van der Waals surface area (Å²) >= 11 is 4.70. The van der Waals surface area contributed by atoms with Gasteiger partial charge in [-0.3, -0.25) is 9.69 Å². The molecule has 2 aromatic heterocycles. The van der Waals surface area contributed by atoms with Crippen LogP contribution < -0.4 is 5.32 Å². The van der Waals surface area contributed by atoms with Crippen LogP contribution in [0.15, 0.2) is 47.8 Å². The summed E-state index contributed by atoms with van der Waals surface area (Å²) in [6, 6.07) is 11.6. The van der Waals surface area contributed by atoms with Crippen molar-refractivity contribution in [3.05, 3.63) is 70.5 Å². The number of thiazole rings is 1. The zero-order valence-corrected chi connectivity index (χ0v) is 28.8. The van der Waals surface area contributed by atoms with Gasteiger partial charge in [-0.2, -0.15) is 0 Å². The van der Waals surface area contributed by atoms with E-state index in [1.165, 1.54) is 37.6 Å².